The number of rotatable bonds is 4. The van der Waals surface area contributed by atoms with Gasteiger partial charge in [0.1, 0.15) is 5.69 Å². The van der Waals surface area contributed by atoms with Gasteiger partial charge in [0.05, 0.1) is 10.7 Å². The van der Waals surface area contributed by atoms with E-state index in [4.69, 9.17) is 11.6 Å². The quantitative estimate of drug-likeness (QED) is 0.692. The van der Waals surface area contributed by atoms with E-state index in [1.165, 1.54) is 0 Å². The first-order valence-corrected chi connectivity index (χ1v) is 8.13. The van der Waals surface area contributed by atoms with Gasteiger partial charge in [-0.2, -0.15) is 5.10 Å². The van der Waals surface area contributed by atoms with Crippen molar-refractivity contribution in [2.75, 3.05) is 0 Å². The van der Waals surface area contributed by atoms with Crippen molar-refractivity contribution < 1.29 is 4.79 Å². The summed E-state index contributed by atoms with van der Waals surface area (Å²) in [5.41, 5.74) is 2.84. The van der Waals surface area contributed by atoms with Crippen LogP contribution in [0.4, 0.5) is 0 Å². The molecule has 0 aliphatic heterocycles. The second kappa shape index (κ2) is 6.98. The summed E-state index contributed by atoms with van der Waals surface area (Å²) in [6, 6.07) is 16.9. The van der Waals surface area contributed by atoms with Gasteiger partial charge in [0, 0.05) is 16.6 Å². The Kier molecular flexibility index (Phi) is 4.79. The third-order valence-electron chi connectivity index (χ3n) is 3.31. The first-order chi connectivity index (χ1) is 11.1. The number of carbonyl (C=O) groups is 1. The summed E-state index contributed by atoms with van der Waals surface area (Å²) in [5, 5.41) is 10.4. The molecule has 23 heavy (non-hydrogen) atoms. The van der Waals surface area contributed by atoms with Crippen LogP contribution < -0.4 is 5.32 Å². The highest BCUT2D eigenvalue weighted by atomic mass is 79.9. The Morgan fingerprint density at radius 3 is 2.78 bits per heavy atom. The Morgan fingerprint density at radius 1 is 1.17 bits per heavy atom. The van der Waals surface area contributed by atoms with Crippen LogP contribution in [0.2, 0.25) is 5.02 Å². The van der Waals surface area contributed by atoms with Crippen LogP contribution in [0, 0.1) is 0 Å². The molecule has 0 fully saturated rings. The van der Waals surface area contributed by atoms with Crippen molar-refractivity contribution in [2.24, 2.45) is 0 Å². The molecule has 2 N–H and O–H groups in total. The van der Waals surface area contributed by atoms with Crippen LogP contribution in [0.3, 0.4) is 0 Å². The number of hydrogen-bond acceptors (Lipinski definition) is 2. The molecular weight excluding hydrogens is 378 g/mol. The molecule has 0 unspecified atom stereocenters. The van der Waals surface area contributed by atoms with Crippen LogP contribution in [0.25, 0.3) is 11.3 Å². The van der Waals surface area contributed by atoms with Crippen LogP contribution >= 0.6 is 27.5 Å². The van der Waals surface area contributed by atoms with Gasteiger partial charge in [-0.25, -0.2) is 0 Å². The van der Waals surface area contributed by atoms with Gasteiger partial charge in [-0.3, -0.25) is 9.89 Å². The minimum atomic E-state index is -0.212. The molecule has 1 amide bonds. The second-order valence-electron chi connectivity index (χ2n) is 4.96. The number of aromatic amines is 1. The van der Waals surface area contributed by atoms with E-state index < -0.39 is 0 Å². The Balaban J connectivity index is 1.70. The zero-order valence-electron chi connectivity index (χ0n) is 12.0. The van der Waals surface area contributed by atoms with E-state index >= 15 is 0 Å². The van der Waals surface area contributed by atoms with E-state index in [-0.39, 0.29) is 5.91 Å². The number of carbonyl (C=O) groups excluding carboxylic acids is 1. The molecule has 0 saturated heterocycles. The number of benzene rings is 2. The summed E-state index contributed by atoms with van der Waals surface area (Å²) < 4.78 is 0.979. The van der Waals surface area contributed by atoms with E-state index in [2.05, 4.69) is 31.4 Å². The van der Waals surface area contributed by atoms with Crippen LogP contribution in [-0.2, 0) is 6.54 Å². The number of nitrogens with zero attached hydrogens (tertiary/aromatic N) is 1. The average Bonchev–Trinajstić information content (AvgIpc) is 3.03. The zero-order valence-corrected chi connectivity index (χ0v) is 14.4. The van der Waals surface area contributed by atoms with Gasteiger partial charge >= 0.3 is 0 Å². The highest BCUT2D eigenvalue weighted by molar-refractivity contribution is 9.10. The van der Waals surface area contributed by atoms with Crippen LogP contribution in [0.1, 0.15) is 16.1 Å². The van der Waals surface area contributed by atoms with E-state index in [1.807, 2.05) is 42.5 Å². The lowest BCUT2D eigenvalue weighted by Crippen LogP contribution is -2.23. The Morgan fingerprint density at radius 2 is 2.00 bits per heavy atom. The standard InChI is InChI=1S/C17H13BrClN3O/c18-12-5-3-4-11(8-12)10-20-17(23)16-9-15(21-22-16)13-6-1-2-7-14(13)19/h1-9H,10H2,(H,20,23)(H,21,22). The maximum absolute atomic E-state index is 12.2. The molecule has 3 rings (SSSR count). The number of hydrogen-bond donors (Lipinski definition) is 2. The second-order valence-corrected chi connectivity index (χ2v) is 6.28. The summed E-state index contributed by atoms with van der Waals surface area (Å²) in [5.74, 6) is -0.212. The van der Waals surface area contributed by atoms with Crippen LogP contribution in [0.15, 0.2) is 59.1 Å². The molecule has 0 aliphatic rings. The van der Waals surface area contributed by atoms with Gasteiger partial charge in [0.25, 0.3) is 5.91 Å². The van der Waals surface area contributed by atoms with E-state index in [0.717, 1.165) is 15.6 Å². The van der Waals surface area contributed by atoms with Crippen molar-refractivity contribution in [1.29, 1.82) is 0 Å². The van der Waals surface area contributed by atoms with Crippen molar-refractivity contribution in [1.82, 2.24) is 15.5 Å². The maximum atomic E-state index is 12.2. The predicted octanol–water partition coefficient (Wildman–Crippen LogP) is 4.42. The van der Waals surface area contributed by atoms with Crippen LogP contribution in [-0.4, -0.2) is 16.1 Å². The molecule has 1 aromatic heterocycles. The molecule has 0 radical (unpaired) electrons. The number of amides is 1. The number of H-pyrrole nitrogens is 1. The monoisotopic (exact) mass is 389 g/mol. The largest absolute Gasteiger partial charge is 0.347 e. The van der Waals surface area contributed by atoms with Gasteiger partial charge in [-0.15, -0.1) is 0 Å². The normalized spacial score (nSPS) is 10.5. The van der Waals surface area contributed by atoms with Crippen molar-refractivity contribution in [3.05, 3.63) is 75.4 Å². The van der Waals surface area contributed by atoms with Gasteiger partial charge in [0.2, 0.25) is 0 Å². The SMILES string of the molecule is O=C(NCc1cccc(Br)c1)c1cc(-c2ccccc2Cl)n[nH]1. The third-order valence-corrected chi connectivity index (χ3v) is 4.14. The van der Waals surface area contributed by atoms with Crippen molar-refractivity contribution in [3.8, 4) is 11.3 Å². The molecule has 0 atom stereocenters. The zero-order chi connectivity index (χ0) is 16.2. The molecule has 0 saturated carbocycles. The summed E-state index contributed by atoms with van der Waals surface area (Å²) >= 11 is 9.55. The van der Waals surface area contributed by atoms with Crippen molar-refractivity contribution >= 4 is 33.4 Å². The molecule has 6 heteroatoms. The molecule has 116 valence electrons. The first kappa shape index (κ1) is 15.8. The summed E-state index contributed by atoms with van der Waals surface area (Å²) in [6.07, 6.45) is 0. The highest BCUT2D eigenvalue weighted by Crippen LogP contribution is 2.26. The van der Waals surface area contributed by atoms with Crippen LogP contribution in [0.5, 0.6) is 0 Å². The molecule has 1 heterocycles. The highest BCUT2D eigenvalue weighted by Gasteiger charge is 2.12. The van der Waals surface area contributed by atoms with Crippen molar-refractivity contribution in [3.63, 3.8) is 0 Å². The van der Waals surface area contributed by atoms with E-state index in [1.54, 1.807) is 12.1 Å². The van der Waals surface area contributed by atoms with Crippen molar-refractivity contribution in [2.45, 2.75) is 6.54 Å². The smallest absolute Gasteiger partial charge is 0.269 e. The average molecular weight is 391 g/mol. The summed E-state index contributed by atoms with van der Waals surface area (Å²) in [4.78, 5) is 12.2. The minimum absolute atomic E-state index is 0.212. The lowest BCUT2D eigenvalue weighted by molar-refractivity contribution is 0.0946. The number of nitrogens with one attached hydrogen (secondary N) is 2. The molecule has 2 aromatic carbocycles. The minimum Gasteiger partial charge on any atom is -0.347 e. The summed E-state index contributed by atoms with van der Waals surface area (Å²) in [7, 11) is 0. The lowest BCUT2D eigenvalue weighted by atomic mass is 10.1. The Hall–Kier alpha value is -2.11. The molecule has 0 bridgehead atoms. The van der Waals surface area contributed by atoms with Gasteiger partial charge < -0.3 is 5.32 Å². The molecular formula is C17H13BrClN3O. The Bertz CT molecular complexity index is 847. The van der Waals surface area contributed by atoms with E-state index in [0.29, 0.717) is 23.0 Å². The third kappa shape index (κ3) is 3.81. The number of aromatic nitrogens is 2. The van der Waals surface area contributed by atoms with Gasteiger partial charge in [-0.1, -0.05) is 57.9 Å². The summed E-state index contributed by atoms with van der Waals surface area (Å²) in [6.45, 7) is 0.443. The molecule has 0 spiro atoms. The molecule has 3 aromatic rings. The fraction of sp³-hybridized carbons (Fsp3) is 0.0588. The Labute approximate surface area is 147 Å². The lowest BCUT2D eigenvalue weighted by Gasteiger charge is -2.04. The van der Waals surface area contributed by atoms with E-state index in [9.17, 15) is 4.79 Å². The predicted molar refractivity (Wildman–Crippen MR) is 94.3 cm³/mol. The van der Waals surface area contributed by atoms with Gasteiger partial charge in [0.15, 0.2) is 0 Å². The topological polar surface area (TPSA) is 57.8 Å². The molecule has 4 nitrogen and oxygen atoms in total. The van der Waals surface area contributed by atoms with Gasteiger partial charge in [-0.05, 0) is 29.8 Å². The first-order valence-electron chi connectivity index (χ1n) is 6.96. The fourth-order valence-corrected chi connectivity index (χ4v) is 2.85. The molecule has 0 aliphatic carbocycles. The fourth-order valence-electron chi connectivity index (χ4n) is 2.17. The number of halogens is 2. The maximum Gasteiger partial charge on any atom is 0.269 e.